The Balaban J connectivity index is 1.47. The molecule has 1 saturated heterocycles. The lowest BCUT2D eigenvalue weighted by Crippen LogP contribution is -2.39. The summed E-state index contributed by atoms with van der Waals surface area (Å²) in [6.07, 6.45) is 1.87. The van der Waals surface area contributed by atoms with Crippen LogP contribution in [0.25, 0.3) is 0 Å². The summed E-state index contributed by atoms with van der Waals surface area (Å²) in [6, 6.07) is 7.60. The van der Waals surface area contributed by atoms with Crippen LogP contribution >= 0.6 is 34.5 Å². The average Bonchev–Trinajstić information content (AvgIpc) is 3.20. The van der Waals surface area contributed by atoms with E-state index in [-0.39, 0.29) is 5.25 Å². The molecule has 1 aromatic heterocycles. The smallest absolute Gasteiger partial charge is 0.185 e. The lowest BCUT2D eigenvalue weighted by Gasteiger charge is -2.32. The van der Waals surface area contributed by atoms with Gasteiger partial charge in [-0.2, -0.15) is 0 Å². The topological polar surface area (TPSA) is 50.3 Å². The van der Waals surface area contributed by atoms with E-state index in [0.717, 1.165) is 38.6 Å². The summed E-state index contributed by atoms with van der Waals surface area (Å²) >= 11 is 13.8. The Bertz CT molecular complexity index is 1250. The maximum atomic E-state index is 13.6. The molecule has 8 heteroatoms. The van der Waals surface area contributed by atoms with E-state index < -0.39 is 9.84 Å². The molecule has 0 amide bonds. The molecule has 0 aliphatic carbocycles. The van der Waals surface area contributed by atoms with Gasteiger partial charge in [0.1, 0.15) is 0 Å². The van der Waals surface area contributed by atoms with Gasteiger partial charge in [-0.1, -0.05) is 29.3 Å². The summed E-state index contributed by atoms with van der Waals surface area (Å²) in [5.74, 6) is 0. The van der Waals surface area contributed by atoms with Crippen molar-refractivity contribution in [3.8, 4) is 0 Å². The highest BCUT2D eigenvalue weighted by Crippen LogP contribution is 2.34. The standard InChI is InChI=1S/C25H28Cl2N2O2S2/c1-15-9-16(2)18(4)24(17(15)3)33(30,31)23-5-7-29(8-6-23)25-28-22(14-32-25)12-19-10-20(26)13-21(27)11-19/h9-11,13-14,23H,5-8,12H2,1-4H3. The van der Waals surface area contributed by atoms with Crippen LogP contribution in [-0.2, 0) is 16.3 Å². The molecule has 1 fully saturated rings. The highest BCUT2D eigenvalue weighted by atomic mass is 35.5. The van der Waals surface area contributed by atoms with Gasteiger partial charge in [-0.25, -0.2) is 13.4 Å². The summed E-state index contributed by atoms with van der Waals surface area (Å²) in [7, 11) is -3.39. The molecule has 0 radical (unpaired) electrons. The minimum atomic E-state index is -3.39. The second kappa shape index (κ2) is 9.57. The van der Waals surface area contributed by atoms with E-state index in [4.69, 9.17) is 28.2 Å². The van der Waals surface area contributed by atoms with Crippen molar-refractivity contribution in [1.82, 2.24) is 4.98 Å². The van der Waals surface area contributed by atoms with Gasteiger partial charge in [-0.3, -0.25) is 0 Å². The molecule has 0 bridgehead atoms. The fourth-order valence-electron chi connectivity index (χ4n) is 4.58. The fourth-order valence-corrected chi connectivity index (χ4v) is 8.37. The lowest BCUT2D eigenvalue weighted by molar-refractivity contribution is 0.528. The van der Waals surface area contributed by atoms with Crippen LogP contribution in [0.5, 0.6) is 0 Å². The maximum Gasteiger partial charge on any atom is 0.185 e. The SMILES string of the molecule is Cc1cc(C)c(C)c(S(=O)(=O)C2CCN(c3nc(Cc4cc(Cl)cc(Cl)c4)cs3)CC2)c1C. The van der Waals surface area contributed by atoms with Crippen molar-refractivity contribution in [1.29, 1.82) is 0 Å². The van der Waals surface area contributed by atoms with Crippen LogP contribution in [0.2, 0.25) is 10.0 Å². The van der Waals surface area contributed by atoms with E-state index in [0.29, 0.717) is 47.3 Å². The number of thiazole rings is 1. The Labute approximate surface area is 210 Å². The molecule has 2 heterocycles. The molecule has 176 valence electrons. The van der Waals surface area contributed by atoms with Gasteiger partial charge in [0.2, 0.25) is 0 Å². The third kappa shape index (κ3) is 5.09. The zero-order chi connectivity index (χ0) is 23.9. The summed E-state index contributed by atoms with van der Waals surface area (Å²) in [5, 5.41) is 3.86. The molecule has 4 rings (SSSR count). The number of sulfone groups is 1. The Kier molecular flexibility index (Phi) is 7.11. The van der Waals surface area contributed by atoms with E-state index in [2.05, 4.69) is 16.3 Å². The van der Waals surface area contributed by atoms with Crippen molar-refractivity contribution >= 4 is 49.5 Å². The molecule has 0 saturated carbocycles. The quantitative estimate of drug-likeness (QED) is 0.373. The number of anilines is 1. The van der Waals surface area contributed by atoms with E-state index in [9.17, 15) is 8.42 Å². The van der Waals surface area contributed by atoms with Gasteiger partial charge in [-0.05, 0) is 86.6 Å². The number of hydrogen-bond acceptors (Lipinski definition) is 5. The van der Waals surface area contributed by atoms with Gasteiger partial charge in [0.05, 0.1) is 15.8 Å². The van der Waals surface area contributed by atoms with Crippen LogP contribution in [0.4, 0.5) is 5.13 Å². The van der Waals surface area contributed by atoms with Crippen molar-refractivity contribution in [2.24, 2.45) is 0 Å². The summed E-state index contributed by atoms with van der Waals surface area (Å²) < 4.78 is 27.2. The lowest BCUT2D eigenvalue weighted by atomic mass is 10.0. The van der Waals surface area contributed by atoms with Gasteiger partial charge in [0, 0.05) is 34.9 Å². The van der Waals surface area contributed by atoms with Gasteiger partial charge in [0.15, 0.2) is 15.0 Å². The van der Waals surface area contributed by atoms with Gasteiger partial charge in [0.25, 0.3) is 0 Å². The highest BCUT2D eigenvalue weighted by molar-refractivity contribution is 7.92. The predicted molar refractivity (Wildman–Crippen MR) is 139 cm³/mol. The van der Waals surface area contributed by atoms with Crippen molar-refractivity contribution in [2.75, 3.05) is 18.0 Å². The minimum Gasteiger partial charge on any atom is -0.348 e. The van der Waals surface area contributed by atoms with Crippen LogP contribution in [0.15, 0.2) is 34.5 Å². The third-order valence-electron chi connectivity index (χ3n) is 6.58. The number of benzene rings is 2. The van der Waals surface area contributed by atoms with E-state index >= 15 is 0 Å². The molecule has 0 unspecified atom stereocenters. The van der Waals surface area contributed by atoms with Crippen LogP contribution in [0.3, 0.4) is 0 Å². The van der Waals surface area contributed by atoms with Gasteiger partial charge in [-0.15, -0.1) is 11.3 Å². The number of halogens is 2. The number of aromatic nitrogens is 1. The van der Waals surface area contributed by atoms with Crippen molar-refractivity contribution in [2.45, 2.75) is 57.1 Å². The molecule has 33 heavy (non-hydrogen) atoms. The first-order chi connectivity index (χ1) is 15.6. The van der Waals surface area contributed by atoms with E-state index in [1.165, 1.54) is 0 Å². The predicted octanol–water partition coefficient (Wildman–Crippen LogP) is 6.72. The first-order valence-electron chi connectivity index (χ1n) is 11.0. The second-order valence-electron chi connectivity index (χ2n) is 8.90. The number of aryl methyl sites for hydroxylation is 2. The minimum absolute atomic E-state index is 0.361. The molecule has 0 spiro atoms. The molecule has 4 nitrogen and oxygen atoms in total. The van der Waals surface area contributed by atoms with Crippen LogP contribution in [-0.4, -0.2) is 31.7 Å². The molecule has 1 aliphatic rings. The van der Waals surface area contributed by atoms with E-state index in [1.54, 1.807) is 17.4 Å². The summed E-state index contributed by atoms with van der Waals surface area (Å²) in [6.45, 7) is 9.19. The first-order valence-corrected chi connectivity index (χ1v) is 14.2. The molecule has 0 atom stereocenters. The number of piperidine rings is 1. The molecule has 2 aromatic carbocycles. The zero-order valence-corrected chi connectivity index (χ0v) is 22.4. The number of hydrogen-bond donors (Lipinski definition) is 0. The maximum absolute atomic E-state index is 13.6. The number of rotatable bonds is 5. The van der Waals surface area contributed by atoms with E-state index in [1.807, 2.05) is 39.8 Å². The Morgan fingerprint density at radius 1 is 0.970 bits per heavy atom. The van der Waals surface area contributed by atoms with Crippen LogP contribution in [0, 0.1) is 27.7 Å². The summed E-state index contributed by atoms with van der Waals surface area (Å²) in [5.41, 5.74) is 5.81. The zero-order valence-electron chi connectivity index (χ0n) is 19.3. The monoisotopic (exact) mass is 522 g/mol. The fraction of sp³-hybridized carbons (Fsp3) is 0.400. The van der Waals surface area contributed by atoms with Crippen LogP contribution in [0.1, 0.15) is 46.4 Å². The molecule has 3 aromatic rings. The Morgan fingerprint density at radius 2 is 1.55 bits per heavy atom. The van der Waals surface area contributed by atoms with Crippen LogP contribution < -0.4 is 4.90 Å². The average molecular weight is 524 g/mol. The summed E-state index contributed by atoms with van der Waals surface area (Å²) in [4.78, 5) is 7.53. The van der Waals surface area contributed by atoms with Crippen molar-refractivity contribution in [3.05, 3.63) is 73.2 Å². The Morgan fingerprint density at radius 3 is 2.12 bits per heavy atom. The Hall–Kier alpha value is -1.60. The second-order valence-corrected chi connectivity index (χ2v) is 12.8. The third-order valence-corrected chi connectivity index (χ3v) is 10.5. The molecular formula is C25H28Cl2N2O2S2. The van der Waals surface area contributed by atoms with Gasteiger partial charge >= 0.3 is 0 Å². The van der Waals surface area contributed by atoms with Gasteiger partial charge < -0.3 is 4.90 Å². The first kappa shape index (κ1) is 24.5. The number of nitrogens with zero attached hydrogens (tertiary/aromatic N) is 2. The van der Waals surface area contributed by atoms with Crippen molar-refractivity contribution < 1.29 is 8.42 Å². The largest absolute Gasteiger partial charge is 0.348 e. The molecule has 0 N–H and O–H groups in total. The highest BCUT2D eigenvalue weighted by Gasteiger charge is 2.34. The van der Waals surface area contributed by atoms with Crippen molar-refractivity contribution in [3.63, 3.8) is 0 Å². The normalized spacial score (nSPS) is 15.3. The molecular weight excluding hydrogens is 495 g/mol. The molecule has 1 aliphatic heterocycles.